The number of rotatable bonds is 5. The topological polar surface area (TPSA) is 129 Å². The monoisotopic (exact) mass is 322 g/mol. The van der Waals surface area contributed by atoms with Crippen molar-refractivity contribution < 1.29 is 9.72 Å². The van der Waals surface area contributed by atoms with Crippen molar-refractivity contribution in [3.63, 3.8) is 0 Å². The molecule has 1 heterocycles. The summed E-state index contributed by atoms with van der Waals surface area (Å²) in [6.07, 6.45) is 0. The summed E-state index contributed by atoms with van der Waals surface area (Å²) in [6.45, 7) is 3.33. The van der Waals surface area contributed by atoms with Gasteiger partial charge in [0.25, 0.3) is 5.69 Å². The smallest absolute Gasteiger partial charge is 0.274 e. The van der Waals surface area contributed by atoms with E-state index in [1.807, 2.05) is 0 Å². The minimum Gasteiger partial charge on any atom is -0.336 e. The van der Waals surface area contributed by atoms with Gasteiger partial charge in [-0.3, -0.25) is 14.9 Å². The van der Waals surface area contributed by atoms with Crippen molar-refractivity contribution in [1.82, 2.24) is 14.9 Å². The maximum absolute atomic E-state index is 11.9. The molecule has 9 nitrogen and oxygen atoms in total. The third-order valence-corrected chi connectivity index (χ3v) is 3.80. The van der Waals surface area contributed by atoms with Gasteiger partial charge in [-0.25, -0.2) is 4.68 Å². The van der Waals surface area contributed by atoms with Crippen molar-refractivity contribution in [2.75, 3.05) is 16.9 Å². The fourth-order valence-corrected chi connectivity index (χ4v) is 2.36. The number of nitro benzene ring substituents is 1. The lowest BCUT2D eigenvalue weighted by Gasteiger charge is -2.06. The number of hydrogen-bond acceptors (Lipinski definition) is 7. The zero-order chi connectivity index (χ0) is 16.3. The van der Waals surface area contributed by atoms with Crippen molar-refractivity contribution in [3.05, 3.63) is 39.7 Å². The van der Waals surface area contributed by atoms with Crippen molar-refractivity contribution >= 4 is 29.0 Å². The highest BCUT2D eigenvalue weighted by atomic mass is 32.2. The number of hydrogen-bond donors (Lipinski definition) is 2. The lowest BCUT2D eigenvalue weighted by Crippen LogP contribution is -2.16. The Morgan fingerprint density at radius 1 is 1.45 bits per heavy atom. The van der Waals surface area contributed by atoms with E-state index in [1.54, 1.807) is 26.0 Å². The van der Waals surface area contributed by atoms with Crippen LogP contribution in [-0.4, -0.2) is 31.5 Å². The average molecular weight is 322 g/mol. The summed E-state index contributed by atoms with van der Waals surface area (Å²) in [5.41, 5.74) is 0.861. The summed E-state index contributed by atoms with van der Waals surface area (Å²) < 4.78 is 1.29. The second-order valence-corrected chi connectivity index (χ2v) is 5.44. The van der Waals surface area contributed by atoms with Gasteiger partial charge >= 0.3 is 0 Å². The third-order valence-electron chi connectivity index (χ3n) is 2.86. The Balaban J connectivity index is 1.99. The molecular weight excluding hydrogens is 308 g/mol. The van der Waals surface area contributed by atoms with Crippen LogP contribution in [0, 0.1) is 24.0 Å². The minimum absolute atomic E-state index is 0.0391. The second-order valence-electron chi connectivity index (χ2n) is 4.50. The normalized spacial score (nSPS) is 10.5. The first kappa shape index (κ1) is 15.8. The summed E-state index contributed by atoms with van der Waals surface area (Å²) in [4.78, 5) is 22.3. The van der Waals surface area contributed by atoms with Crippen LogP contribution in [0.5, 0.6) is 0 Å². The number of nitro groups is 1. The Kier molecular flexibility index (Phi) is 4.61. The number of nitrogen functional groups attached to an aromatic ring is 1. The molecule has 2 aromatic rings. The van der Waals surface area contributed by atoms with Crippen molar-refractivity contribution in [2.45, 2.75) is 19.0 Å². The van der Waals surface area contributed by atoms with Crippen molar-refractivity contribution in [3.8, 4) is 0 Å². The number of carbonyl (C=O) groups excluding carboxylic acids is 1. The highest BCUT2D eigenvalue weighted by Crippen LogP contribution is 2.22. The molecule has 22 heavy (non-hydrogen) atoms. The van der Waals surface area contributed by atoms with Gasteiger partial charge in [0.2, 0.25) is 11.1 Å². The molecule has 0 aliphatic carbocycles. The van der Waals surface area contributed by atoms with Gasteiger partial charge in [0, 0.05) is 17.3 Å². The molecule has 0 atom stereocenters. The lowest BCUT2D eigenvalue weighted by atomic mass is 10.2. The van der Waals surface area contributed by atoms with Crippen molar-refractivity contribution in [1.29, 1.82) is 0 Å². The molecule has 0 radical (unpaired) electrons. The fourth-order valence-electron chi connectivity index (χ4n) is 1.66. The van der Waals surface area contributed by atoms with Crippen molar-refractivity contribution in [2.24, 2.45) is 0 Å². The summed E-state index contributed by atoms with van der Waals surface area (Å²) in [5.74, 6) is 5.96. The Morgan fingerprint density at radius 3 is 2.77 bits per heavy atom. The van der Waals surface area contributed by atoms with Crippen LogP contribution in [0.3, 0.4) is 0 Å². The Labute approximate surface area is 130 Å². The van der Waals surface area contributed by atoms with Gasteiger partial charge in [-0.1, -0.05) is 17.8 Å². The van der Waals surface area contributed by atoms with Gasteiger partial charge in [-0.05, 0) is 19.9 Å². The quantitative estimate of drug-likeness (QED) is 0.367. The average Bonchev–Trinajstić information content (AvgIpc) is 2.78. The van der Waals surface area contributed by atoms with Gasteiger partial charge in [0.05, 0.1) is 10.7 Å². The molecular formula is C12H14N6O3S. The van der Waals surface area contributed by atoms with Gasteiger partial charge < -0.3 is 11.2 Å². The van der Waals surface area contributed by atoms with E-state index in [1.165, 1.54) is 10.7 Å². The molecule has 0 saturated carbocycles. The van der Waals surface area contributed by atoms with E-state index >= 15 is 0 Å². The molecule has 1 aromatic carbocycles. The maximum atomic E-state index is 11.9. The Hall–Kier alpha value is -2.62. The number of nitrogens with two attached hydrogens (primary N) is 1. The molecule has 0 unspecified atom stereocenters. The maximum Gasteiger partial charge on any atom is 0.274 e. The highest BCUT2D eigenvalue weighted by Gasteiger charge is 2.13. The van der Waals surface area contributed by atoms with Gasteiger partial charge in [0.1, 0.15) is 5.82 Å². The summed E-state index contributed by atoms with van der Waals surface area (Å²) in [5, 5.41) is 21.5. The van der Waals surface area contributed by atoms with Gasteiger partial charge in [-0.15, -0.1) is 10.2 Å². The van der Waals surface area contributed by atoms with Crippen LogP contribution in [0.1, 0.15) is 11.4 Å². The number of nitrogens with one attached hydrogen (secondary N) is 1. The summed E-state index contributed by atoms with van der Waals surface area (Å²) in [6, 6.07) is 4.52. The van der Waals surface area contributed by atoms with E-state index in [0.717, 1.165) is 11.8 Å². The Morgan fingerprint density at radius 2 is 2.18 bits per heavy atom. The highest BCUT2D eigenvalue weighted by molar-refractivity contribution is 7.99. The summed E-state index contributed by atoms with van der Waals surface area (Å²) in [7, 11) is 0. The first-order chi connectivity index (χ1) is 10.4. The number of thioether (sulfide) groups is 1. The van der Waals surface area contributed by atoms with Gasteiger partial charge in [0.15, 0.2) is 0 Å². The zero-order valence-electron chi connectivity index (χ0n) is 11.9. The number of aryl methyl sites for hydroxylation is 2. The number of benzene rings is 1. The lowest BCUT2D eigenvalue weighted by molar-refractivity contribution is -0.385. The predicted molar refractivity (Wildman–Crippen MR) is 82.1 cm³/mol. The van der Waals surface area contributed by atoms with E-state index in [4.69, 9.17) is 5.84 Å². The number of anilines is 1. The predicted octanol–water partition coefficient (Wildman–Crippen LogP) is 1.25. The van der Waals surface area contributed by atoms with Crippen LogP contribution >= 0.6 is 11.8 Å². The van der Waals surface area contributed by atoms with Gasteiger partial charge in [-0.2, -0.15) is 0 Å². The number of carbonyl (C=O) groups is 1. The molecule has 3 N–H and O–H groups in total. The van der Waals surface area contributed by atoms with Crippen LogP contribution in [0.15, 0.2) is 23.4 Å². The molecule has 0 spiro atoms. The first-order valence-electron chi connectivity index (χ1n) is 6.23. The number of nitrogens with zero attached hydrogens (tertiary/aromatic N) is 4. The van der Waals surface area contributed by atoms with E-state index in [2.05, 4.69) is 15.5 Å². The second kappa shape index (κ2) is 6.43. The first-order valence-corrected chi connectivity index (χ1v) is 7.22. The largest absolute Gasteiger partial charge is 0.336 e. The standard InChI is InChI=1S/C12H14N6O3S/c1-7-3-4-9(5-10(7)18(20)21)14-11(19)6-22-12-16-15-8(2)17(12)13/h3-5H,6,13H2,1-2H3,(H,14,19). The molecule has 0 aliphatic rings. The molecule has 0 bridgehead atoms. The van der Waals surface area contributed by atoms with E-state index in [0.29, 0.717) is 22.2 Å². The molecule has 116 valence electrons. The third kappa shape index (κ3) is 3.52. The SMILES string of the molecule is Cc1ccc(NC(=O)CSc2nnc(C)n2N)cc1[N+](=O)[O-]. The molecule has 1 amide bonds. The van der Waals surface area contributed by atoms with Crippen LogP contribution in [0.4, 0.5) is 11.4 Å². The van der Waals surface area contributed by atoms with Crippen LogP contribution in [0.25, 0.3) is 0 Å². The number of aromatic nitrogens is 3. The molecule has 2 rings (SSSR count). The minimum atomic E-state index is -0.487. The molecule has 0 aliphatic heterocycles. The molecule has 1 aromatic heterocycles. The molecule has 10 heteroatoms. The van der Waals surface area contributed by atoms with Crippen LogP contribution < -0.4 is 11.2 Å². The number of amides is 1. The summed E-state index contributed by atoms with van der Waals surface area (Å²) >= 11 is 1.13. The fraction of sp³-hybridized carbons (Fsp3) is 0.250. The molecule has 0 saturated heterocycles. The molecule has 0 fully saturated rings. The van der Waals surface area contributed by atoms with E-state index in [9.17, 15) is 14.9 Å². The zero-order valence-corrected chi connectivity index (χ0v) is 12.8. The van der Waals surface area contributed by atoms with Crippen LogP contribution in [-0.2, 0) is 4.79 Å². The Bertz CT molecular complexity index is 730. The van der Waals surface area contributed by atoms with Crippen LogP contribution in [0.2, 0.25) is 0 Å². The van der Waals surface area contributed by atoms with E-state index < -0.39 is 4.92 Å². The van der Waals surface area contributed by atoms with E-state index in [-0.39, 0.29) is 17.3 Å².